The first kappa shape index (κ1) is 14.0. The molecule has 7 nitrogen and oxygen atoms in total. The monoisotopic (exact) mass is 297 g/mol. The summed E-state index contributed by atoms with van der Waals surface area (Å²) < 4.78 is 0. The van der Waals surface area contributed by atoms with Crippen LogP contribution < -0.4 is 16.0 Å². The van der Waals surface area contributed by atoms with Crippen LogP contribution in [0.2, 0.25) is 0 Å². The molecule has 1 saturated heterocycles. The lowest BCUT2D eigenvalue weighted by molar-refractivity contribution is -0.117. The lowest BCUT2D eigenvalue weighted by Crippen LogP contribution is -2.24. The maximum absolute atomic E-state index is 12.2. The van der Waals surface area contributed by atoms with Crippen LogP contribution in [-0.4, -0.2) is 28.3 Å². The molecule has 0 radical (unpaired) electrons. The fourth-order valence-electron chi connectivity index (χ4n) is 2.39. The predicted octanol–water partition coefficient (Wildman–Crippen LogP) is 1.44. The zero-order chi connectivity index (χ0) is 15.5. The van der Waals surface area contributed by atoms with Gasteiger partial charge in [0.25, 0.3) is 5.91 Å². The molecule has 22 heavy (non-hydrogen) atoms. The summed E-state index contributed by atoms with van der Waals surface area (Å²) in [5.74, 6) is -0.261. The lowest BCUT2D eigenvalue weighted by atomic mass is 10.2. The maximum Gasteiger partial charge on any atom is 0.278 e. The van der Waals surface area contributed by atoms with Crippen molar-refractivity contribution < 1.29 is 9.59 Å². The fraction of sp³-hybridized carbons (Fsp3) is 0.200. The number of benzene rings is 1. The van der Waals surface area contributed by atoms with E-state index in [1.807, 2.05) is 6.07 Å². The second-order valence-corrected chi connectivity index (χ2v) is 4.94. The van der Waals surface area contributed by atoms with Crippen LogP contribution in [0, 0.1) is 0 Å². The van der Waals surface area contributed by atoms with Gasteiger partial charge in [0.05, 0.1) is 0 Å². The van der Waals surface area contributed by atoms with Crippen LogP contribution in [0.4, 0.5) is 17.2 Å². The third kappa shape index (κ3) is 2.73. The molecular weight excluding hydrogens is 282 g/mol. The first-order chi connectivity index (χ1) is 10.6. The lowest BCUT2D eigenvalue weighted by Gasteiger charge is -2.16. The number of carbonyl (C=O) groups is 2. The van der Waals surface area contributed by atoms with E-state index in [-0.39, 0.29) is 17.4 Å². The molecular formula is C15H15N5O2. The van der Waals surface area contributed by atoms with Crippen molar-refractivity contribution >= 4 is 29.0 Å². The van der Waals surface area contributed by atoms with Crippen LogP contribution in [0.3, 0.4) is 0 Å². The van der Waals surface area contributed by atoms with Crippen molar-refractivity contribution in [3.05, 3.63) is 42.4 Å². The Hall–Kier alpha value is -2.96. The highest BCUT2D eigenvalue weighted by Gasteiger charge is 2.22. The van der Waals surface area contributed by atoms with Gasteiger partial charge in [-0.1, -0.05) is 6.07 Å². The van der Waals surface area contributed by atoms with Crippen molar-refractivity contribution in [2.45, 2.75) is 12.8 Å². The summed E-state index contributed by atoms with van der Waals surface area (Å²) in [5.41, 5.74) is 7.06. The minimum atomic E-state index is -0.435. The van der Waals surface area contributed by atoms with Crippen molar-refractivity contribution in [1.82, 2.24) is 9.97 Å². The number of nitrogens with one attached hydrogen (secondary N) is 1. The molecule has 0 bridgehead atoms. The molecule has 1 aromatic carbocycles. The first-order valence-electron chi connectivity index (χ1n) is 6.93. The number of nitrogens with zero attached hydrogens (tertiary/aromatic N) is 3. The summed E-state index contributed by atoms with van der Waals surface area (Å²) in [6, 6.07) is 7.13. The Morgan fingerprint density at radius 3 is 2.82 bits per heavy atom. The average Bonchev–Trinajstić information content (AvgIpc) is 2.94. The molecule has 1 aliphatic heterocycles. The van der Waals surface area contributed by atoms with Crippen molar-refractivity contribution in [3.8, 4) is 0 Å². The zero-order valence-corrected chi connectivity index (χ0v) is 11.8. The number of rotatable bonds is 3. The van der Waals surface area contributed by atoms with Crippen LogP contribution in [0.1, 0.15) is 23.3 Å². The Morgan fingerprint density at radius 2 is 2.09 bits per heavy atom. The van der Waals surface area contributed by atoms with E-state index in [1.165, 1.54) is 12.4 Å². The number of nitrogen functional groups attached to an aromatic ring is 1. The largest absolute Gasteiger partial charge is 0.382 e. The SMILES string of the molecule is Nc1nccnc1C(=O)Nc1cccc(N2CCCC2=O)c1. The van der Waals surface area contributed by atoms with Crippen LogP contribution in [0.15, 0.2) is 36.7 Å². The molecule has 2 heterocycles. The molecule has 1 fully saturated rings. The smallest absolute Gasteiger partial charge is 0.278 e. The summed E-state index contributed by atoms with van der Waals surface area (Å²) in [4.78, 5) is 33.4. The Bertz CT molecular complexity index is 731. The summed E-state index contributed by atoms with van der Waals surface area (Å²) in [7, 11) is 0. The molecule has 0 atom stereocenters. The second-order valence-electron chi connectivity index (χ2n) is 4.94. The predicted molar refractivity (Wildman–Crippen MR) is 82.4 cm³/mol. The third-order valence-electron chi connectivity index (χ3n) is 3.43. The van der Waals surface area contributed by atoms with Gasteiger partial charge in [0.15, 0.2) is 11.5 Å². The molecule has 3 N–H and O–H groups in total. The van der Waals surface area contributed by atoms with Crippen molar-refractivity contribution in [2.24, 2.45) is 0 Å². The van der Waals surface area contributed by atoms with Gasteiger partial charge in [-0.3, -0.25) is 9.59 Å². The molecule has 3 rings (SSSR count). The topological polar surface area (TPSA) is 101 Å². The highest BCUT2D eigenvalue weighted by Crippen LogP contribution is 2.24. The second kappa shape index (κ2) is 5.80. The maximum atomic E-state index is 12.2. The van der Waals surface area contributed by atoms with Gasteiger partial charge in [0.1, 0.15) is 0 Å². The number of carbonyl (C=O) groups excluding carboxylic acids is 2. The van der Waals surface area contributed by atoms with Gasteiger partial charge in [0.2, 0.25) is 5.91 Å². The van der Waals surface area contributed by atoms with Gasteiger partial charge in [0, 0.05) is 36.7 Å². The number of hydrogen-bond donors (Lipinski definition) is 2. The third-order valence-corrected chi connectivity index (χ3v) is 3.43. The van der Waals surface area contributed by atoms with Gasteiger partial charge in [-0.05, 0) is 24.6 Å². The summed E-state index contributed by atoms with van der Waals surface area (Å²) in [6.07, 6.45) is 4.24. The quantitative estimate of drug-likeness (QED) is 0.892. The van der Waals surface area contributed by atoms with Gasteiger partial charge < -0.3 is 16.0 Å². The Morgan fingerprint density at radius 1 is 1.27 bits per heavy atom. The van der Waals surface area contributed by atoms with Gasteiger partial charge in [-0.25, -0.2) is 9.97 Å². The molecule has 0 saturated carbocycles. The highest BCUT2D eigenvalue weighted by atomic mass is 16.2. The van der Waals surface area contributed by atoms with E-state index in [0.29, 0.717) is 18.7 Å². The van der Waals surface area contributed by atoms with E-state index in [4.69, 9.17) is 5.73 Å². The summed E-state index contributed by atoms with van der Waals surface area (Å²) in [6.45, 7) is 0.702. The molecule has 1 aliphatic rings. The highest BCUT2D eigenvalue weighted by molar-refractivity contribution is 6.06. The molecule has 1 aromatic heterocycles. The van der Waals surface area contributed by atoms with Crippen LogP contribution in [-0.2, 0) is 4.79 Å². The van der Waals surface area contributed by atoms with Crippen LogP contribution in [0.5, 0.6) is 0 Å². The minimum Gasteiger partial charge on any atom is -0.382 e. The molecule has 0 unspecified atom stereocenters. The number of amides is 2. The van der Waals surface area contributed by atoms with Gasteiger partial charge >= 0.3 is 0 Å². The molecule has 0 aliphatic carbocycles. The van der Waals surface area contributed by atoms with Crippen molar-refractivity contribution in [2.75, 3.05) is 22.5 Å². The Balaban J connectivity index is 1.80. The van der Waals surface area contributed by atoms with Gasteiger partial charge in [-0.15, -0.1) is 0 Å². The molecule has 7 heteroatoms. The molecule has 2 amide bonds. The molecule has 112 valence electrons. The number of anilines is 3. The summed E-state index contributed by atoms with van der Waals surface area (Å²) in [5, 5.41) is 2.72. The Kier molecular flexibility index (Phi) is 3.69. The van der Waals surface area contributed by atoms with E-state index in [0.717, 1.165) is 12.1 Å². The zero-order valence-electron chi connectivity index (χ0n) is 11.8. The normalized spacial score (nSPS) is 14.2. The fourth-order valence-corrected chi connectivity index (χ4v) is 2.39. The van der Waals surface area contributed by atoms with Crippen LogP contribution >= 0.6 is 0 Å². The van der Waals surface area contributed by atoms with Crippen molar-refractivity contribution in [1.29, 1.82) is 0 Å². The van der Waals surface area contributed by atoms with E-state index < -0.39 is 5.91 Å². The van der Waals surface area contributed by atoms with Gasteiger partial charge in [-0.2, -0.15) is 0 Å². The average molecular weight is 297 g/mol. The van der Waals surface area contributed by atoms with Crippen molar-refractivity contribution in [3.63, 3.8) is 0 Å². The van der Waals surface area contributed by atoms with Crippen LogP contribution in [0.25, 0.3) is 0 Å². The van der Waals surface area contributed by atoms with E-state index >= 15 is 0 Å². The minimum absolute atomic E-state index is 0.0742. The first-order valence-corrected chi connectivity index (χ1v) is 6.93. The standard InChI is InChI=1S/C15H15N5O2/c16-14-13(17-6-7-18-14)15(22)19-10-3-1-4-11(9-10)20-8-2-5-12(20)21/h1,3-4,6-7,9H,2,5,8H2,(H2,16,18)(H,19,22). The molecule has 2 aromatic rings. The molecule has 0 spiro atoms. The Labute approximate surface area is 127 Å². The van der Waals surface area contributed by atoms with E-state index in [1.54, 1.807) is 23.1 Å². The summed E-state index contributed by atoms with van der Waals surface area (Å²) >= 11 is 0. The number of aromatic nitrogens is 2. The van der Waals surface area contributed by atoms with E-state index in [9.17, 15) is 9.59 Å². The number of hydrogen-bond acceptors (Lipinski definition) is 5. The van der Waals surface area contributed by atoms with E-state index in [2.05, 4.69) is 15.3 Å². The number of nitrogens with two attached hydrogens (primary N) is 1.